The lowest BCUT2D eigenvalue weighted by molar-refractivity contribution is -0.222. The van der Waals surface area contributed by atoms with Gasteiger partial charge in [0.1, 0.15) is 0 Å². The highest BCUT2D eigenvalue weighted by atomic mass is 16.7. The van der Waals surface area contributed by atoms with Crippen LogP contribution in [0.1, 0.15) is 24.2 Å². The molecule has 3 rings (SSSR count). The molecule has 1 aromatic heterocycles. The summed E-state index contributed by atoms with van der Waals surface area (Å²) in [5.41, 5.74) is 0.927. The van der Waals surface area contributed by atoms with Crippen molar-refractivity contribution >= 4 is 23.6 Å². The molecule has 0 spiro atoms. The molecule has 1 N–H and O–H groups in total. The van der Waals surface area contributed by atoms with Crippen LogP contribution in [0.4, 0.5) is 5.69 Å². The van der Waals surface area contributed by atoms with Gasteiger partial charge < -0.3 is 24.1 Å². The van der Waals surface area contributed by atoms with E-state index in [4.69, 9.17) is 14.2 Å². The molecule has 0 bridgehead atoms. The van der Waals surface area contributed by atoms with E-state index in [1.54, 1.807) is 41.5 Å². The summed E-state index contributed by atoms with van der Waals surface area (Å²) < 4.78 is 16.6. The molecule has 0 amide bonds. The quantitative estimate of drug-likeness (QED) is 0.492. The third kappa shape index (κ3) is 3.81. The van der Waals surface area contributed by atoms with Gasteiger partial charge in [0.25, 0.3) is 5.79 Å². The number of nitrogens with zero attached hydrogens (tertiary/aromatic N) is 2. The number of carbonyl (C=O) groups is 3. The Labute approximate surface area is 154 Å². The first-order valence-electron chi connectivity index (χ1n) is 7.95. The SMILES string of the molecule is COC(=O)c1ccc(-n2ccnc2)cc1NC=C1C(=O)OC(C)(C)OC1=O. The normalized spacial score (nSPS) is 15.6. The predicted octanol–water partition coefficient (Wildman–Crippen LogP) is 1.79. The number of cyclic esters (lactones) is 2. The zero-order chi connectivity index (χ0) is 19.6. The Hall–Kier alpha value is -3.62. The van der Waals surface area contributed by atoms with Gasteiger partial charge in [0, 0.05) is 38.1 Å². The Bertz CT molecular complexity index is 909. The van der Waals surface area contributed by atoms with Crippen LogP contribution in [0.3, 0.4) is 0 Å². The van der Waals surface area contributed by atoms with Crippen molar-refractivity contribution in [1.29, 1.82) is 0 Å². The van der Waals surface area contributed by atoms with Crippen LogP contribution in [-0.4, -0.2) is 40.4 Å². The van der Waals surface area contributed by atoms with Crippen LogP contribution in [-0.2, 0) is 23.8 Å². The number of anilines is 1. The number of hydrogen-bond donors (Lipinski definition) is 1. The Morgan fingerprint density at radius 3 is 2.56 bits per heavy atom. The van der Waals surface area contributed by atoms with Crippen LogP contribution in [0.15, 0.2) is 48.7 Å². The van der Waals surface area contributed by atoms with Gasteiger partial charge in [-0.1, -0.05) is 0 Å². The highest BCUT2D eigenvalue weighted by molar-refractivity contribution is 6.15. The van der Waals surface area contributed by atoms with E-state index >= 15 is 0 Å². The number of carbonyl (C=O) groups excluding carboxylic acids is 3. The summed E-state index contributed by atoms with van der Waals surface area (Å²) in [6, 6.07) is 4.91. The third-order valence-corrected chi connectivity index (χ3v) is 3.70. The van der Waals surface area contributed by atoms with Crippen LogP contribution >= 0.6 is 0 Å². The summed E-state index contributed by atoms with van der Waals surface area (Å²) in [6.45, 7) is 2.91. The molecule has 1 aromatic carbocycles. The van der Waals surface area contributed by atoms with Crippen molar-refractivity contribution in [2.45, 2.75) is 19.6 Å². The number of esters is 3. The summed E-state index contributed by atoms with van der Waals surface area (Å²) >= 11 is 0. The molecule has 2 aromatic rings. The minimum atomic E-state index is -1.33. The molecule has 9 nitrogen and oxygen atoms in total. The molecule has 140 valence electrons. The van der Waals surface area contributed by atoms with Gasteiger partial charge in [0.15, 0.2) is 5.57 Å². The van der Waals surface area contributed by atoms with Gasteiger partial charge in [0.05, 0.1) is 24.7 Å². The van der Waals surface area contributed by atoms with Gasteiger partial charge in [-0.05, 0) is 18.2 Å². The van der Waals surface area contributed by atoms with Crippen molar-refractivity contribution in [3.8, 4) is 5.69 Å². The molecule has 1 saturated heterocycles. The van der Waals surface area contributed by atoms with Crippen molar-refractivity contribution in [1.82, 2.24) is 9.55 Å². The Morgan fingerprint density at radius 2 is 1.96 bits per heavy atom. The summed E-state index contributed by atoms with van der Waals surface area (Å²) in [5, 5.41) is 2.79. The van der Waals surface area contributed by atoms with E-state index in [1.165, 1.54) is 21.0 Å². The monoisotopic (exact) mass is 371 g/mol. The van der Waals surface area contributed by atoms with E-state index in [0.29, 0.717) is 11.4 Å². The van der Waals surface area contributed by atoms with E-state index in [9.17, 15) is 14.4 Å². The number of benzene rings is 1. The fourth-order valence-electron chi connectivity index (χ4n) is 2.44. The standard InChI is InChI=1S/C18H17N3O6/c1-18(2)26-16(23)13(17(24)27-18)9-20-14-8-11(21-7-6-19-10-21)4-5-12(14)15(22)25-3/h4-10,20H,1-3H3. The van der Waals surface area contributed by atoms with E-state index in [-0.39, 0.29) is 11.1 Å². The minimum absolute atomic E-state index is 0.219. The maximum absolute atomic E-state index is 12.0. The lowest BCUT2D eigenvalue weighted by Gasteiger charge is -2.29. The third-order valence-electron chi connectivity index (χ3n) is 3.70. The van der Waals surface area contributed by atoms with Crippen molar-refractivity contribution in [3.63, 3.8) is 0 Å². The summed E-state index contributed by atoms with van der Waals surface area (Å²) in [5.74, 6) is -3.56. The lowest BCUT2D eigenvalue weighted by atomic mass is 10.1. The lowest BCUT2D eigenvalue weighted by Crippen LogP contribution is -2.42. The molecule has 1 aliphatic heterocycles. The van der Waals surface area contributed by atoms with E-state index in [2.05, 4.69) is 10.3 Å². The maximum atomic E-state index is 12.0. The highest BCUT2D eigenvalue weighted by Crippen LogP contribution is 2.25. The van der Waals surface area contributed by atoms with Gasteiger partial charge in [-0.25, -0.2) is 19.4 Å². The van der Waals surface area contributed by atoms with Gasteiger partial charge in [-0.3, -0.25) is 0 Å². The van der Waals surface area contributed by atoms with Crippen LogP contribution in [0.5, 0.6) is 0 Å². The smallest absolute Gasteiger partial charge is 0.350 e. The number of imidazole rings is 1. The highest BCUT2D eigenvalue weighted by Gasteiger charge is 2.39. The fraction of sp³-hybridized carbons (Fsp3) is 0.222. The number of nitrogens with one attached hydrogen (secondary N) is 1. The van der Waals surface area contributed by atoms with Gasteiger partial charge in [-0.2, -0.15) is 0 Å². The Balaban J connectivity index is 1.95. The number of ether oxygens (including phenoxy) is 3. The number of aromatic nitrogens is 2. The second-order valence-electron chi connectivity index (χ2n) is 6.07. The largest absolute Gasteiger partial charge is 0.465 e. The Kier molecular flexibility index (Phi) is 4.68. The molecule has 2 heterocycles. The Morgan fingerprint density at radius 1 is 1.26 bits per heavy atom. The summed E-state index contributed by atoms with van der Waals surface area (Å²) in [6.07, 6.45) is 6.07. The number of hydrogen-bond acceptors (Lipinski definition) is 8. The van der Waals surface area contributed by atoms with Crippen molar-refractivity contribution in [2.75, 3.05) is 12.4 Å². The first kappa shape index (κ1) is 18.2. The topological polar surface area (TPSA) is 109 Å². The van der Waals surface area contributed by atoms with Crippen molar-refractivity contribution < 1.29 is 28.6 Å². The predicted molar refractivity (Wildman–Crippen MR) is 92.9 cm³/mol. The molecule has 27 heavy (non-hydrogen) atoms. The molecule has 1 aliphatic rings. The number of rotatable bonds is 4. The van der Waals surface area contributed by atoms with E-state index in [1.807, 2.05) is 0 Å². The molecular formula is C18H17N3O6. The van der Waals surface area contributed by atoms with Gasteiger partial charge in [0.2, 0.25) is 0 Å². The molecule has 0 atom stereocenters. The molecule has 0 aliphatic carbocycles. The maximum Gasteiger partial charge on any atom is 0.350 e. The molecule has 0 unspecified atom stereocenters. The van der Waals surface area contributed by atoms with Crippen molar-refractivity contribution in [2.24, 2.45) is 0 Å². The second kappa shape index (κ2) is 6.94. The van der Waals surface area contributed by atoms with E-state index in [0.717, 1.165) is 6.20 Å². The first-order valence-corrected chi connectivity index (χ1v) is 7.95. The minimum Gasteiger partial charge on any atom is -0.465 e. The molecule has 9 heteroatoms. The van der Waals surface area contributed by atoms with Crippen molar-refractivity contribution in [3.05, 3.63) is 54.3 Å². The zero-order valence-corrected chi connectivity index (χ0v) is 14.9. The van der Waals surface area contributed by atoms with Crippen LogP contribution < -0.4 is 5.32 Å². The zero-order valence-electron chi connectivity index (χ0n) is 14.9. The van der Waals surface area contributed by atoms with Gasteiger partial charge >= 0.3 is 17.9 Å². The number of methoxy groups -OCH3 is 1. The second-order valence-corrected chi connectivity index (χ2v) is 6.07. The van der Waals surface area contributed by atoms with E-state index < -0.39 is 23.7 Å². The fourth-order valence-corrected chi connectivity index (χ4v) is 2.44. The summed E-state index contributed by atoms with van der Waals surface area (Å²) in [4.78, 5) is 40.1. The van der Waals surface area contributed by atoms with Gasteiger partial charge in [-0.15, -0.1) is 0 Å². The van der Waals surface area contributed by atoms with Crippen LogP contribution in [0.25, 0.3) is 5.69 Å². The molecular weight excluding hydrogens is 354 g/mol. The molecule has 0 saturated carbocycles. The molecule has 0 radical (unpaired) electrons. The average Bonchev–Trinajstić information content (AvgIpc) is 3.14. The molecule has 1 fully saturated rings. The van der Waals surface area contributed by atoms with Crippen LogP contribution in [0.2, 0.25) is 0 Å². The first-order chi connectivity index (χ1) is 12.8. The van der Waals surface area contributed by atoms with Crippen LogP contribution in [0, 0.1) is 0 Å². The average molecular weight is 371 g/mol. The summed E-state index contributed by atoms with van der Waals surface area (Å²) in [7, 11) is 1.26.